The van der Waals surface area contributed by atoms with Crippen molar-refractivity contribution in [1.29, 1.82) is 0 Å². The van der Waals surface area contributed by atoms with E-state index in [1.54, 1.807) is 0 Å². The molecule has 1 aliphatic rings. The van der Waals surface area contributed by atoms with Crippen molar-refractivity contribution in [2.24, 2.45) is 5.73 Å². The van der Waals surface area contributed by atoms with Crippen molar-refractivity contribution in [3.63, 3.8) is 0 Å². The van der Waals surface area contributed by atoms with Crippen LogP contribution in [0.1, 0.15) is 42.8 Å². The first-order valence-corrected chi connectivity index (χ1v) is 15.1. The quantitative estimate of drug-likeness (QED) is 0.267. The molecule has 3 heterocycles. The number of aromatic nitrogens is 3. The minimum absolute atomic E-state index is 0.241. The van der Waals surface area contributed by atoms with Crippen LogP contribution in [0.25, 0.3) is 22.7 Å². The summed E-state index contributed by atoms with van der Waals surface area (Å²) in [7, 11) is -3.76. The Labute approximate surface area is 253 Å². The summed E-state index contributed by atoms with van der Waals surface area (Å²) >= 11 is 0. The topological polar surface area (TPSA) is 132 Å². The second-order valence-corrected chi connectivity index (χ2v) is 13.7. The number of nitrogens with two attached hydrogens (primary N) is 1. The Balaban J connectivity index is 1.53. The molecule has 1 atom stereocenters. The Morgan fingerprint density at radius 3 is 2.31 bits per heavy atom. The van der Waals surface area contributed by atoms with Crippen LogP contribution in [0.3, 0.4) is 0 Å². The lowest BCUT2D eigenvalue weighted by Crippen LogP contribution is -2.43. The Bertz CT molecular complexity index is 1870. The summed E-state index contributed by atoms with van der Waals surface area (Å²) in [6, 6.07) is 8.04. The minimum atomic E-state index is -4.55. The second kappa shape index (κ2) is 10.9. The number of benzene rings is 2. The zero-order chi connectivity index (χ0) is 33.1. The number of anilines is 1. The lowest BCUT2D eigenvalue weighted by atomic mass is 9.99. The van der Waals surface area contributed by atoms with E-state index in [1.165, 1.54) is 44.2 Å². The first-order chi connectivity index (χ1) is 20.8. The monoisotopic (exact) mass is 653 g/mol. The average molecular weight is 654 g/mol. The van der Waals surface area contributed by atoms with Gasteiger partial charge in [0.15, 0.2) is 9.84 Å². The number of hydrogen-bond acceptors (Lipinski definition) is 8. The smallest absolute Gasteiger partial charge is 0.417 e. The molecule has 0 spiro atoms. The molecule has 16 heteroatoms. The summed E-state index contributed by atoms with van der Waals surface area (Å²) in [5.41, 5.74) is 4.39. The van der Waals surface area contributed by atoms with Crippen LogP contribution in [0.15, 0.2) is 59.1 Å². The zero-order valence-electron chi connectivity index (χ0n) is 23.9. The zero-order valence-corrected chi connectivity index (χ0v) is 24.7. The predicted molar refractivity (Wildman–Crippen MR) is 150 cm³/mol. The summed E-state index contributed by atoms with van der Waals surface area (Å²) < 4.78 is 113. The molecule has 4 aromatic rings. The number of amides is 1. The van der Waals surface area contributed by atoms with E-state index in [9.17, 15) is 26.4 Å². The molecule has 238 valence electrons. The molecule has 2 aromatic heterocycles. The molecule has 0 unspecified atom stereocenters. The van der Waals surface area contributed by atoms with E-state index >= 15 is 13.2 Å². The van der Waals surface area contributed by atoms with Crippen LogP contribution in [0.4, 0.5) is 32.0 Å². The second-order valence-electron chi connectivity index (χ2n) is 11.1. The van der Waals surface area contributed by atoms with Gasteiger partial charge in [0.1, 0.15) is 10.6 Å². The standard InChI is InChI=1S/C29H25F6N5O4S/c1-27(2,45(3,42)43)26-39-38-24(44-26)18-10-23-19(11-20(18)30)28(31,32)12-21(36)25(41)40(23)14-15-4-6-16(7-5-15)22-9-8-17(13-37-22)29(33,34)35/h4-11,13,21H,12,14,36H2,1-3H3/t21-/m1/s1. The third-order valence-electron chi connectivity index (χ3n) is 7.61. The molecule has 5 rings (SSSR count). The molecule has 9 nitrogen and oxygen atoms in total. The number of rotatable bonds is 6. The molecule has 0 saturated carbocycles. The van der Waals surface area contributed by atoms with Crippen LogP contribution in [0.5, 0.6) is 0 Å². The predicted octanol–water partition coefficient (Wildman–Crippen LogP) is 5.59. The molecule has 2 N–H and O–H groups in total. The van der Waals surface area contributed by atoms with E-state index in [4.69, 9.17) is 10.2 Å². The number of sulfone groups is 1. The Morgan fingerprint density at radius 2 is 1.73 bits per heavy atom. The third-order valence-corrected chi connectivity index (χ3v) is 9.64. The highest BCUT2D eigenvalue weighted by Gasteiger charge is 2.45. The van der Waals surface area contributed by atoms with Gasteiger partial charge in [-0.05, 0) is 43.7 Å². The fraction of sp³-hybridized carbons (Fsp3) is 0.310. The van der Waals surface area contributed by atoms with Gasteiger partial charge in [-0.25, -0.2) is 21.6 Å². The van der Waals surface area contributed by atoms with Crippen molar-refractivity contribution in [2.75, 3.05) is 11.2 Å². The number of hydrogen-bond donors (Lipinski definition) is 1. The SMILES string of the molecule is CC(C)(c1nnc(-c2cc3c(cc2F)C(F)(F)C[C@@H](N)C(=O)N3Cc2ccc(-c3ccc(C(F)(F)F)cn3)cc2)o1)S(C)(=O)=O. The van der Waals surface area contributed by atoms with Crippen LogP contribution in [-0.4, -0.2) is 41.8 Å². The van der Waals surface area contributed by atoms with E-state index in [1.807, 2.05) is 0 Å². The molecular formula is C29H25F6N5O4S. The van der Waals surface area contributed by atoms with Crippen LogP contribution >= 0.6 is 0 Å². The van der Waals surface area contributed by atoms with Crippen molar-refractivity contribution >= 4 is 21.4 Å². The molecule has 1 amide bonds. The van der Waals surface area contributed by atoms with Crippen molar-refractivity contribution < 1.29 is 44.0 Å². The Kier molecular flexibility index (Phi) is 7.80. The van der Waals surface area contributed by atoms with Gasteiger partial charge in [0.05, 0.1) is 35.1 Å². The van der Waals surface area contributed by atoms with Gasteiger partial charge < -0.3 is 15.1 Å². The first-order valence-electron chi connectivity index (χ1n) is 13.2. The Morgan fingerprint density at radius 1 is 1.07 bits per heavy atom. The molecule has 1 aliphatic heterocycles. The normalized spacial score (nSPS) is 17.2. The van der Waals surface area contributed by atoms with Gasteiger partial charge in [0.2, 0.25) is 11.8 Å². The fourth-order valence-corrected chi connectivity index (χ4v) is 5.03. The number of carbonyl (C=O) groups excluding carboxylic acids is 1. The lowest BCUT2D eigenvalue weighted by molar-refractivity contribution is -0.137. The number of pyridine rings is 1. The summed E-state index contributed by atoms with van der Waals surface area (Å²) in [5, 5.41) is 7.45. The van der Waals surface area contributed by atoms with Gasteiger partial charge in [-0.3, -0.25) is 9.78 Å². The van der Waals surface area contributed by atoms with Crippen molar-refractivity contribution in [3.8, 4) is 22.7 Å². The third kappa shape index (κ3) is 6.03. The molecule has 0 fully saturated rings. The van der Waals surface area contributed by atoms with Gasteiger partial charge >= 0.3 is 6.18 Å². The maximum Gasteiger partial charge on any atom is 0.417 e. The van der Waals surface area contributed by atoms with E-state index in [0.29, 0.717) is 23.4 Å². The molecule has 0 bridgehead atoms. The van der Waals surface area contributed by atoms with Gasteiger partial charge in [-0.1, -0.05) is 24.3 Å². The van der Waals surface area contributed by atoms with E-state index in [2.05, 4.69) is 15.2 Å². The number of halogens is 6. The van der Waals surface area contributed by atoms with Gasteiger partial charge in [0, 0.05) is 30.0 Å². The summed E-state index contributed by atoms with van der Waals surface area (Å²) in [5.74, 6) is -6.65. The van der Waals surface area contributed by atoms with Crippen LogP contribution in [0, 0.1) is 5.82 Å². The summed E-state index contributed by atoms with van der Waals surface area (Å²) in [4.78, 5) is 18.1. The molecule has 0 radical (unpaired) electrons. The maximum atomic E-state index is 15.3. The highest BCUT2D eigenvalue weighted by atomic mass is 32.2. The van der Waals surface area contributed by atoms with E-state index < -0.39 is 73.5 Å². The van der Waals surface area contributed by atoms with Crippen molar-refractivity contribution in [2.45, 2.75) is 49.7 Å². The van der Waals surface area contributed by atoms with Crippen molar-refractivity contribution in [3.05, 3.63) is 83.1 Å². The summed E-state index contributed by atoms with van der Waals surface area (Å²) in [6.07, 6.45) is -4.01. The minimum Gasteiger partial charge on any atom is -0.419 e. The number of carbonyl (C=O) groups is 1. The average Bonchev–Trinajstić information content (AvgIpc) is 3.43. The maximum absolute atomic E-state index is 15.3. The van der Waals surface area contributed by atoms with Crippen LogP contribution in [0.2, 0.25) is 0 Å². The largest absolute Gasteiger partial charge is 0.419 e. The lowest BCUT2D eigenvalue weighted by Gasteiger charge is -2.25. The summed E-state index contributed by atoms with van der Waals surface area (Å²) in [6.45, 7) is 2.31. The molecule has 0 aliphatic carbocycles. The Hall–Kier alpha value is -4.31. The van der Waals surface area contributed by atoms with Gasteiger partial charge in [0.25, 0.3) is 11.8 Å². The first kappa shape index (κ1) is 32.1. The fourth-order valence-electron chi connectivity index (χ4n) is 4.63. The number of alkyl halides is 5. The van der Waals surface area contributed by atoms with Gasteiger partial charge in [-0.15, -0.1) is 10.2 Å². The highest BCUT2D eigenvalue weighted by Crippen LogP contribution is 2.45. The molecule has 45 heavy (non-hydrogen) atoms. The van der Waals surface area contributed by atoms with Crippen LogP contribution < -0.4 is 10.6 Å². The molecular weight excluding hydrogens is 628 g/mol. The van der Waals surface area contributed by atoms with E-state index in [-0.39, 0.29) is 23.8 Å². The van der Waals surface area contributed by atoms with Gasteiger partial charge in [-0.2, -0.15) is 13.2 Å². The number of fused-ring (bicyclic) bond motifs is 1. The van der Waals surface area contributed by atoms with Crippen LogP contribution in [-0.2, 0) is 38.0 Å². The van der Waals surface area contributed by atoms with Crippen molar-refractivity contribution in [1.82, 2.24) is 15.2 Å². The molecule has 2 aromatic carbocycles. The highest BCUT2D eigenvalue weighted by molar-refractivity contribution is 7.91. The molecule has 0 saturated heterocycles. The number of nitrogens with zero attached hydrogens (tertiary/aromatic N) is 4. The van der Waals surface area contributed by atoms with E-state index in [0.717, 1.165) is 23.3 Å².